The Bertz CT molecular complexity index is 413. The van der Waals surface area contributed by atoms with E-state index in [1.54, 1.807) is 36.4 Å². The first-order chi connectivity index (χ1) is 7.34. The summed E-state index contributed by atoms with van der Waals surface area (Å²) in [6.45, 7) is 0.818. The fourth-order valence-electron chi connectivity index (χ4n) is 1.11. The van der Waals surface area contributed by atoms with Crippen molar-refractivity contribution in [2.24, 2.45) is 0 Å². The van der Waals surface area contributed by atoms with Gasteiger partial charge in [-0.25, -0.2) is 4.98 Å². The van der Waals surface area contributed by atoms with Crippen LogP contribution >= 0.6 is 11.8 Å². The van der Waals surface area contributed by atoms with Gasteiger partial charge >= 0.3 is 0 Å². The van der Waals surface area contributed by atoms with Gasteiger partial charge in [0.25, 0.3) is 0 Å². The Balaban J connectivity index is 1.80. The van der Waals surface area contributed by atoms with E-state index in [-0.39, 0.29) is 0 Å². The van der Waals surface area contributed by atoms with Gasteiger partial charge in [-0.05, 0) is 6.07 Å². The molecule has 0 aromatic carbocycles. The fourth-order valence-corrected chi connectivity index (χ4v) is 1.86. The molecule has 0 atom stereocenters. The minimum absolute atomic E-state index is 0.555. The minimum atomic E-state index is 0.555. The molecule has 2 aromatic heterocycles. The van der Waals surface area contributed by atoms with E-state index >= 15 is 0 Å². The first kappa shape index (κ1) is 9.97. The highest BCUT2D eigenvalue weighted by atomic mass is 32.2. The van der Waals surface area contributed by atoms with Crippen LogP contribution in [0.15, 0.2) is 35.9 Å². The summed E-state index contributed by atoms with van der Waals surface area (Å²) in [5.74, 6) is 1.46. The monoisotopic (exact) mass is 221 g/mol. The first-order valence-corrected chi connectivity index (χ1v) is 5.51. The SMILES string of the molecule is Nc1ccn(CCSc2cnccn2)n1. The molecule has 15 heavy (non-hydrogen) atoms. The Labute approximate surface area is 91.7 Å². The second-order valence-electron chi connectivity index (χ2n) is 2.90. The van der Waals surface area contributed by atoms with E-state index in [2.05, 4.69) is 15.1 Å². The third-order valence-electron chi connectivity index (χ3n) is 1.77. The normalized spacial score (nSPS) is 10.4. The molecule has 78 valence electrons. The maximum absolute atomic E-state index is 5.50. The summed E-state index contributed by atoms with van der Waals surface area (Å²) >= 11 is 1.65. The molecule has 0 aliphatic rings. The van der Waals surface area contributed by atoms with Crippen molar-refractivity contribution in [1.29, 1.82) is 0 Å². The number of aromatic nitrogens is 4. The molecule has 0 bridgehead atoms. The Kier molecular flexibility index (Phi) is 3.18. The molecule has 0 amide bonds. The third-order valence-corrected chi connectivity index (χ3v) is 2.66. The van der Waals surface area contributed by atoms with E-state index in [1.807, 2.05) is 10.9 Å². The average Bonchev–Trinajstić information content (AvgIpc) is 2.66. The van der Waals surface area contributed by atoms with Crippen LogP contribution in [0.4, 0.5) is 5.82 Å². The zero-order valence-electron chi connectivity index (χ0n) is 8.08. The highest BCUT2D eigenvalue weighted by molar-refractivity contribution is 7.99. The predicted octanol–water partition coefficient (Wildman–Crippen LogP) is 1.05. The van der Waals surface area contributed by atoms with Gasteiger partial charge in [-0.3, -0.25) is 9.67 Å². The van der Waals surface area contributed by atoms with Crippen molar-refractivity contribution in [2.75, 3.05) is 11.5 Å². The maximum atomic E-state index is 5.50. The maximum Gasteiger partial charge on any atom is 0.145 e. The molecule has 0 aliphatic carbocycles. The molecule has 0 saturated heterocycles. The number of hydrogen-bond donors (Lipinski definition) is 1. The molecule has 0 aliphatic heterocycles. The van der Waals surface area contributed by atoms with Gasteiger partial charge in [0, 0.05) is 24.3 Å². The number of anilines is 1. The summed E-state index contributed by atoms with van der Waals surface area (Å²) in [5.41, 5.74) is 5.50. The Morgan fingerprint density at radius 1 is 1.40 bits per heavy atom. The third kappa shape index (κ3) is 2.95. The largest absolute Gasteiger partial charge is 0.382 e. The standard InChI is InChI=1S/C9H11N5S/c10-8-1-4-14(13-8)5-6-15-9-7-11-2-3-12-9/h1-4,7H,5-6H2,(H2,10,13). The zero-order valence-corrected chi connectivity index (χ0v) is 8.89. The Morgan fingerprint density at radius 2 is 2.33 bits per heavy atom. The molecule has 6 heteroatoms. The van der Waals surface area contributed by atoms with E-state index in [1.165, 1.54) is 0 Å². The van der Waals surface area contributed by atoms with E-state index < -0.39 is 0 Å². The molecule has 0 saturated carbocycles. The van der Waals surface area contributed by atoms with Gasteiger partial charge in [-0.2, -0.15) is 5.10 Å². The van der Waals surface area contributed by atoms with Gasteiger partial charge in [0.2, 0.25) is 0 Å². The lowest BCUT2D eigenvalue weighted by Crippen LogP contribution is -2.01. The molecule has 0 spiro atoms. The molecular formula is C9H11N5S. The van der Waals surface area contributed by atoms with E-state index in [0.29, 0.717) is 5.82 Å². The number of nitrogen functional groups attached to an aromatic ring is 1. The van der Waals surface area contributed by atoms with Crippen molar-refractivity contribution in [3.8, 4) is 0 Å². The van der Waals surface area contributed by atoms with Crippen molar-refractivity contribution in [1.82, 2.24) is 19.7 Å². The van der Waals surface area contributed by atoms with E-state index in [4.69, 9.17) is 5.73 Å². The average molecular weight is 221 g/mol. The van der Waals surface area contributed by atoms with Crippen LogP contribution in [0, 0.1) is 0 Å². The number of nitrogens with two attached hydrogens (primary N) is 1. The van der Waals surface area contributed by atoms with Crippen molar-refractivity contribution < 1.29 is 0 Å². The molecular weight excluding hydrogens is 210 g/mol. The summed E-state index contributed by atoms with van der Waals surface area (Å²) < 4.78 is 1.82. The topological polar surface area (TPSA) is 69.6 Å². The highest BCUT2D eigenvalue weighted by Crippen LogP contribution is 2.12. The summed E-state index contributed by atoms with van der Waals surface area (Å²) in [6, 6.07) is 1.78. The quantitative estimate of drug-likeness (QED) is 0.781. The molecule has 2 rings (SSSR count). The van der Waals surface area contributed by atoms with Gasteiger partial charge in [0.1, 0.15) is 10.8 Å². The van der Waals surface area contributed by atoms with E-state index in [0.717, 1.165) is 17.3 Å². The van der Waals surface area contributed by atoms with Crippen LogP contribution in [-0.2, 0) is 6.54 Å². The predicted molar refractivity (Wildman–Crippen MR) is 59.4 cm³/mol. The molecule has 0 fully saturated rings. The van der Waals surface area contributed by atoms with Crippen molar-refractivity contribution >= 4 is 17.6 Å². The van der Waals surface area contributed by atoms with Crippen LogP contribution in [0.2, 0.25) is 0 Å². The molecule has 2 heterocycles. The number of rotatable bonds is 4. The van der Waals surface area contributed by atoms with Crippen LogP contribution in [-0.4, -0.2) is 25.5 Å². The van der Waals surface area contributed by atoms with Crippen LogP contribution in [0.25, 0.3) is 0 Å². The van der Waals surface area contributed by atoms with Gasteiger partial charge < -0.3 is 5.73 Å². The molecule has 0 unspecified atom stereocenters. The van der Waals surface area contributed by atoms with Crippen molar-refractivity contribution in [3.05, 3.63) is 30.9 Å². The van der Waals surface area contributed by atoms with Crippen LogP contribution < -0.4 is 5.73 Å². The van der Waals surface area contributed by atoms with Crippen molar-refractivity contribution in [2.45, 2.75) is 11.6 Å². The number of aryl methyl sites for hydroxylation is 1. The second-order valence-corrected chi connectivity index (χ2v) is 4.01. The highest BCUT2D eigenvalue weighted by Gasteiger charge is 1.97. The lowest BCUT2D eigenvalue weighted by Gasteiger charge is -2.00. The molecule has 2 N–H and O–H groups in total. The molecule has 5 nitrogen and oxygen atoms in total. The summed E-state index contributed by atoms with van der Waals surface area (Å²) in [4.78, 5) is 8.15. The van der Waals surface area contributed by atoms with E-state index in [9.17, 15) is 0 Å². The number of hydrogen-bond acceptors (Lipinski definition) is 5. The second kappa shape index (κ2) is 4.79. The van der Waals surface area contributed by atoms with Gasteiger partial charge in [-0.1, -0.05) is 0 Å². The summed E-state index contributed by atoms with van der Waals surface area (Å²) in [6.07, 6.45) is 6.97. The lowest BCUT2D eigenvalue weighted by molar-refractivity contribution is 0.669. The number of nitrogens with zero attached hydrogens (tertiary/aromatic N) is 4. The molecule has 0 radical (unpaired) electrons. The van der Waals surface area contributed by atoms with Gasteiger partial charge in [0.15, 0.2) is 0 Å². The zero-order chi connectivity index (χ0) is 10.5. The number of thioether (sulfide) groups is 1. The summed E-state index contributed by atoms with van der Waals surface area (Å²) in [5, 5.41) is 5.02. The fraction of sp³-hybridized carbons (Fsp3) is 0.222. The van der Waals surface area contributed by atoms with Gasteiger partial charge in [-0.15, -0.1) is 11.8 Å². The Hall–Kier alpha value is -1.56. The Morgan fingerprint density at radius 3 is 3.00 bits per heavy atom. The van der Waals surface area contributed by atoms with Crippen LogP contribution in [0.1, 0.15) is 0 Å². The minimum Gasteiger partial charge on any atom is -0.382 e. The van der Waals surface area contributed by atoms with Gasteiger partial charge in [0.05, 0.1) is 12.7 Å². The summed E-state index contributed by atoms with van der Waals surface area (Å²) in [7, 11) is 0. The smallest absolute Gasteiger partial charge is 0.145 e. The van der Waals surface area contributed by atoms with Crippen molar-refractivity contribution in [3.63, 3.8) is 0 Å². The van der Waals surface area contributed by atoms with Crippen LogP contribution in [0.3, 0.4) is 0 Å². The first-order valence-electron chi connectivity index (χ1n) is 4.52. The van der Waals surface area contributed by atoms with Crippen LogP contribution in [0.5, 0.6) is 0 Å². The molecule has 2 aromatic rings. The lowest BCUT2D eigenvalue weighted by atomic mass is 10.7.